The lowest BCUT2D eigenvalue weighted by Gasteiger charge is -2.18. The number of nitrogens with one attached hydrogen (secondary N) is 1. The van der Waals surface area contributed by atoms with Gasteiger partial charge >= 0.3 is 12.1 Å². The number of pyridine rings is 1. The molecule has 0 spiro atoms. The van der Waals surface area contributed by atoms with E-state index in [-0.39, 0.29) is 18.9 Å². The Hall–Kier alpha value is -4.62. The second-order valence-electron chi connectivity index (χ2n) is 9.91. The third kappa shape index (κ3) is 4.80. The SMILES string of the molecule is Cc1ccn2c(CC(NC(=O)OCC3c4ccccc4-c4ccccc43)C(=O)O)c(-c3ccc(Cl)cc3)nc2c1. The number of fused-ring (bicyclic) bond motifs is 4. The summed E-state index contributed by atoms with van der Waals surface area (Å²) < 4.78 is 7.47. The molecule has 2 N–H and O–H groups in total. The van der Waals surface area contributed by atoms with Gasteiger partial charge in [-0.1, -0.05) is 72.3 Å². The average Bonchev–Trinajstić information content (AvgIpc) is 3.47. The van der Waals surface area contributed by atoms with Crippen LogP contribution < -0.4 is 5.32 Å². The Labute approximate surface area is 236 Å². The van der Waals surface area contributed by atoms with Gasteiger partial charge in [0, 0.05) is 29.1 Å². The summed E-state index contributed by atoms with van der Waals surface area (Å²) in [4.78, 5) is 30.0. The number of rotatable bonds is 7. The van der Waals surface area contributed by atoms with Crippen LogP contribution in [-0.4, -0.2) is 39.2 Å². The van der Waals surface area contributed by atoms with E-state index in [1.54, 1.807) is 12.1 Å². The van der Waals surface area contributed by atoms with Crippen LogP contribution in [0.15, 0.2) is 91.1 Å². The van der Waals surface area contributed by atoms with Gasteiger partial charge in [-0.15, -0.1) is 0 Å². The number of alkyl carbamates (subject to hydrolysis) is 1. The summed E-state index contributed by atoms with van der Waals surface area (Å²) >= 11 is 6.09. The summed E-state index contributed by atoms with van der Waals surface area (Å²) in [6.45, 7) is 2.06. The summed E-state index contributed by atoms with van der Waals surface area (Å²) in [6, 6.07) is 25.9. The van der Waals surface area contributed by atoms with Crippen LogP contribution in [0.4, 0.5) is 4.79 Å². The molecule has 1 aliphatic carbocycles. The third-order valence-corrected chi connectivity index (χ3v) is 7.58. The topological polar surface area (TPSA) is 92.9 Å². The summed E-state index contributed by atoms with van der Waals surface area (Å²) in [6.07, 6.45) is 1.08. The predicted molar refractivity (Wildman–Crippen MR) is 154 cm³/mol. The number of carbonyl (C=O) groups excluding carboxylic acids is 1. The minimum absolute atomic E-state index is 0.00170. The Bertz CT molecular complexity index is 1700. The average molecular weight is 552 g/mol. The largest absolute Gasteiger partial charge is 0.480 e. The molecule has 1 amide bonds. The van der Waals surface area contributed by atoms with Crippen molar-refractivity contribution < 1.29 is 19.4 Å². The lowest BCUT2D eigenvalue weighted by atomic mass is 9.98. The van der Waals surface area contributed by atoms with Crippen LogP contribution >= 0.6 is 11.6 Å². The molecular weight excluding hydrogens is 526 g/mol. The highest BCUT2D eigenvalue weighted by Crippen LogP contribution is 2.44. The Morgan fingerprint density at radius 2 is 1.65 bits per heavy atom. The van der Waals surface area contributed by atoms with E-state index in [2.05, 4.69) is 17.4 Å². The number of carbonyl (C=O) groups is 2. The van der Waals surface area contributed by atoms with Crippen LogP contribution in [0.3, 0.4) is 0 Å². The number of aromatic nitrogens is 2. The van der Waals surface area contributed by atoms with E-state index in [9.17, 15) is 14.7 Å². The number of benzene rings is 3. The first-order valence-corrected chi connectivity index (χ1v) is 13.3. The monoisotopic (exact) mass is 551 g/mol. The molecule has 40 heavy (non-hydrogen) atoms. The highest BCUT2D eigenvalue weighted by Gasteiger charge is 2.30. The fourth-order valence-corrected chi connectivity index (χ4v) is 5.53. The highest BCUT2D eigenvalue weighted by molar-refractivity contribution is 6.30. The number of aryl methyl sites for hydroxylation is 1. The molecule has 3 aromatic carbocycles. The lowest BCUT2D eigenvalue weighted by Crippen LogP contribution is -2.43. The Morgan fingerprint density at radius 1 is 1.00 bits per heavy atom. The molecule has 200 valence electrons. The maximum Gasteiger partial charge on any atom is 0.407 e. The molecule has 6 rings (SSSR count). The normalized spacial score (nSPS) is 13.1. The van der Waals surface area contributed by atoms with Gasteiger partial charge in [0.15, 0.2) is 0 Å². The number of nitrogens with zero attached hydrogens (tertiary/aromatic N) is 2. The van der Waals surface area contributed by atoms with Crippen LogP contribution in [-0.2, 0) is 16.0 Å². The Kier molecular flexibility index (Phi) is 6.74. The maximum absolute atomic E-state index is 12.9. The molecule has 0 fully saturated rings. The zero-order valence-corrected chi connectivity index (χ0v) is 22.4. The Morgan fingerprint density at radius 3 is 2.30 bits per heavy atom. The van der Waals surface area contributed by atoms with Crippen molar-refractivity contribution in [1.82, 2.24) is 14.7 Å². The van der Waals surface area contributed by atoms with Crippen molar-refractivity contribution in [2.75, 3.05) is 6.61 Å². The molecule has 0 aliphatic heterocycles. The van der Waals surface area contributed by atoms with Gasteiger partial charge in [0.1, 0.15) is 18.3 Å². The van der Waals surface area contributed by atoms with Gasteiger partial charge in [0.25, 0.3) is 0 Å². The first-order chi connectivity index (χ1) is 19.4. The van der Waals surface area contributed by atoms with E-state index >= 15 is 0 Å². The molecule has 7 nitrogen and oxygen atoms in total. The quantitative estimate of drug-likeness (QED) is 0.241. The molecule has 0 saturated heterocycles. The maximum atomic E-state index is 12.9. The van der Waals surface area contributed by atoms with Gasteiger partial charge in [-0.2, -0.15) is 0 Å². The van der Waals surface area contributed by atoms with E-state index in [1.807, 2.05) is 78.2 Å². The van der Waals surface area contributed by atoms with Crippen molar-refractivity contribution in [3.63, 3.8) is 0 Å². The molecule has 8 heteroatoms. The number of halogens is 1. The fourth-order valence-electron chi connectivity index (χ4n) is 5.41. The van der Waals surface area contributed by atoms with Crippen LogP contribution in [0, 0.1) is 6.92 Å². The van der Waals surface area contributed by atoms with E-state index < -0.39 is 18.1 Å². The van der Waals surface area contributed by atoms with E-state index in [4.69, 9.17) is 21.3 Å². The van der Waals surface area contributed by atoms with Crippen molar-refractivity contribution in [1.29, 1.82) is 0 Å². The summed E-state index contributed by atoms with van der Waals surface area (Å²) in [7, 11) is 0. The van der Waals surface area contributed by atoms with Crippen molar-refractivity contribution in [3.05, 3.63) is 119 Å². The molecule has 1 atom stereocenters. The number of aliphatic carboxylic acids is 1. The molecule has 0 saturated carbocycles. The molecule has 1 aliphatic rings. The first-order valence-electron chi connectivity index (χ1n) is 13.0. The van der Waals surface area contributed by atoms with Gasteiger partial charge in [0.05, 0.1) is 11.4 Å². The number of amides is 1. The van der Waals surface area contributed by atoms with Crippen molar-refractivity contribution in [2.24, 2.45) is 0 Å². The lowest BCUT2D eigenvalue weighted by molar-refractivity contribution is -0.139. The van der Waals surface area contributed by atoms with Crippen LogP contribution in [0.1, 0.15) is 28.3 Å². The zero-order chi connectivity index (χ0) is 27.8. The van der Waals surface area contributed by atoms with E-state index in [0.717, 1.165) is 33.4 Å². The molecule has 0 bridgehead atoms. The van der Waals surface area contributed by atoms with Crippen LogP contribution in [0.5, 0.6) is 0 Å². The molecule has 2 heterocycles. The number of hydrogen-bond acceptors (Lipinski definition) is 4. The number of carboxylic acids is 1. The minimum Gasteiger partial charge on any atom is -0.480 e. The smallest absolute Gasteiger partial charge is 0.407 e. The molecule has 0 radical (unpaired) electrons. The number of imidazole rings is 1. The van der Waals surface area contributed by atoms with E-state index in [0.29, 0.717) is 22.1 Å². The highest BCUT2D eigenvalue weighted by atomic mass is 35.5. The molecular formula is C32H26ClN3O4. The van der Waals surface area contributed by atoms with Gasteiger partial charge in [-0.05, 0) is 59.0 Å². The van der Waals surface area contributed by atoms with Gasteiger partial charge in [-0.25, -0.2) is 14.6 Å². The third-order valence-electron chi connectivity index (χ3n) is 7.33. The zero-order valence-electron chi connectivity index (χ0n) is 21.7. The standard InChI is InChI=1S/C32H26ClN3O4/c1-19-14-15-36-28(30(35-29(36)16-19)20-10-12-21(33)13-11-20)17-27(31(37)38)34-32(39)40-18-26-24-8-4-2-6-22(24)23-7-3-5-9-25(23)26/h2-16,26-27H,17-18H2,1H3,(H,34,39)(H,37,38). The van der Waals surface area contributed by atoms with Crippen LogP contribution in [0.2, 0.25) is 5.02 Å². The second kappa shape index (κ2) is 10.5. The predicted octanol–water partition coefficient (Wildman–Crippen LogP) is 6.50. The van der Waals surface area contributed by atoms with Crippen LogP contribution in [0.25, 0.3) is 28.0 Å². The van der Waals surface area contributed by atoms with Crippen molar-refractivity contribution >= 4 is 29.3 Å². The Balaban J connectivity index is 1.23. The van der Waals surface area contributed by atoms with Gasteiger partial charge < -0.3 is 19.6 Å². The number of hydrogen-bond donors (Lipinski definition) is 2. The molecule has 1 unspecified atom stereocenters. The number of carboxylic acid groups (broad SMARTS) is 1. The summed E-state index contributed by atoms with van der Waals surface area (Å²) in [5.41, 5.74) is 8.20. The second-order valence-corrected chi connectivity index (χ2v) is 10.3. The summed E-state index contributed by atoms with van der Waals surface area (Å²) in [5.74, 6) is -1.29. The van der Waals surface area contributed by atoms with Gasteiger partial charge in [0.2, 0.25) is 0 Å². The van der Waals surface area contributed by atoms with Crippen molar-refractivity contribution in [3.8, 4) is 22.4 Å². The van der Waals surface area contributed by atoms with Crippen molar-refractivity contribution in [2.45, 2.75) is 25.3 Å². The number of ether oxygens (including phenoxy) is 1. The minimum atomic E-state index is -1.23. The summed E-state index contributed by atoms with van der Waals surface area (Å²) in [5, 5.41) is 13.2. The molecule has 5 aromatic rings. The molecule has 2 aromatic heterocycles. The van der Waals surface area contributed by atoms with Gasteiger partial charge in [-0.3, -0.25) is 0 Å². The fraction of sp³-hybridized carbons (Fsp3) is 0.156. The first kappa shape index (κ1) is 25.6. The van der Waals surface area contributed by atoms with E-state index in [1.165, 1.54) is 0 Å².